The molecule has 4 aromatic rings. The van der Waals surface area contributed by atoms with Crippen LogP contribution in [0.1, 0.15) is 19.3 Å². The van der Waals surface area contributed by atoms with Crippen molar-refractivity contribution in [2.45, 2.75) is 25.8 Å². The topological polar surface area (TPSA) is 71.2 Å². The van der Waals surface area contributed by atoms with Crippen molar-refractivity contribution in [3.8, 4) is 28.3 Å². The lowest BCUT2D eigenvalue weighted by Gasteiger charge is -2.17. The highest BCUT2D eigenvalue weighted by atomic mass is 16.3. The predicted molar refractivity (Wildman–Crippen MR) is 127 cm³/mol. The number of aromatic nitrogens is 3. The Bertz CT molecular complexity index is 1320. The molecule has 6 rings (SSSR count). The van der Waals surface area contributed by atoms with E-state index in [4.69, 9.17) is 4.98 Å². The predicted octanol–water partition coefficient (Wildman–Crippen LogP) is 4.73. The van der Waals surface area contributed by atoms with Crippen LogP contribution in [0.2, 0.25) is 0 Å². The van der Waals surface area contributed by atoms with Gasteiger partial charge in [-0.1, -0.05) is 36.4 Å². The van der Waals surface area contributed by atoms with Gasteiger partial charge in [-0.05, 0) is 60.6 Å². The Morgan fingerprint density at radius 1 is 0.970 bits per heavy atom. The first-order valence-electron chi connectivity index (χ1n) is 11.7. The first kappa shape index (κ1) is 20.0. The second kappa shape index (κ2) is 8.03. The number of imidazole rings is 1. The van der Waals surface area contributed by atoms with Crippen LogP contribution in [0.3, 0.4) is 0 Å². The van der Waals surface area contributed by atoms with Crippen LogP contribution in [0, 0.1) is 11.8 Å². The fourth-order valence-electron chi connectivity index (χ4n) is 4.89. The Labute approximate surface area is 192 Å². The van der Waals surface area contributed by atoms with Gasteiger partial charge >= 0.3 is 0 Å². The van der Waals surface area contributed by atoms with Crippen LogP contribution in [0.4, 0.5) is 0 Å². The van der Waals surface area contributed by atoms with Crippen LogP contribution in [-0.2, 0) is 11.3 Å². The summed E-state index contributed by atoms with van der Waals surface area (Å²) in [6.45, 7) is 2.50. The summed E-state index contributed by atoms with van der Waals surface area (Å²) in [6.07, 6.45) is 4.91. The zero-order chi connectivity index (χ0) is 22.4. The van der Waals surface area contributed by atoms with Gasteiger partial charge in [-0.25, -0.2) is 9.97 Å². The van der Waals surface area contributed by atoms with Crippen LogP contribution in [0.5, 0.6) is 5.75 Å². The maximum Gasteiger partial charge on any atom is 0.225 e. The molecule has 2 aliphatic rings. The van der Waals surface area contributed by atoms with Gasteiger partial charge in [0, 0.05) is 37.3 Å². The van der Waals surface area contributed by atoms with Gasteiger partial charge in [0.1, 0.15) is 11.6 Å². The minimum absolute atomic E-state index is 0.259. The number of carbonyl (C=O) groups is 1. The number of nitrogens with zero attached hydrogens (tertiary/aromatic N) is 4. The van der Waals surface area contributed by atoms with E-state index in [1.165, 1.54) is 0 Å². The van der Waals surface area contributed by atoms with Gasteiger partial charge in [0.05, 0.1) is 5.52 Å². The smallest absolute Gasteiger partial charge is 0.225 e. The fourth-order valence-corrected chi connectivity index (χ4v) is 4.89. The van der Waals surface area contributed by atoms with Crippen molar-refractivity contribution < 1.29 is 9.90 Å². The number of pyridine rings is 1. The molecule has 1 aliphatic heterocycles. The average Bonchev–Trinajstić information content (AvgIpc) is 3.49. The molecule has 0 spiro atoms. The fraction of sp³-hybridized carbons (Fsp3) is 0.296. The second-order valence-electron chi connectivity index (χ2n) is 9.23. The average molecular weight is 439 g/mol. The van der Waals surface area contributed by atoms with Gasteiger partial charge in [0.2, 0.25) is 5.91 Å². The van der Waals surface area contributed by atoms with E-state index in [9.17, 15) is 9.90 Å². The minimum Gasteiger partial charge on any atom is -0.508 e. The van der Waals surface area contributed by atoms with E-state index >= 15 is 0 Å². The molecule has 2 fully saturated rings. The monoisotopic (exact) mass is 438 g/mol. The maximum absolute atomic E-state index is 12.5. The lowest BCUT2D eigenvalue weighted by atomic mass is 10.0. The van der Waals surface area contributed by atoms with Crippen molar-refractivity contribution >= 4 is 17.1 Å². The number of aromatic hydroxyl groups is 1. The van der Waals surface area contributed by atoms with E-state index in [2.05, 4.69) is 44.8 Å². The standard InChI is InChI=1S/C27H26N4O2/c32-23-4-1-3-22(15-23)19-6-8-20(9-7-19)26-29-25-24(5-2-13-28-25)31(26)17-18-12-14-30(16-18)27(33)21-10-11-21/h1-9,13,15,18,21,32H,10-12,14,16-17H2/t18-/m0/s1. The molecule has 2 aromatic heterocycles. The summed E-state index contributed by atoms with van der Waals surface area (Å²) in [4.78, 5) is 23.9. The minimum atomic E-state index is 0.259. The normalized spacial score (nSPS) is 18.2. The van der Waals surface area contributed by atoms with E-state index in [-0.39, 0.29) is 11.7 Å². The summed E-state index contributed by atoms with van der Waals surface area (Å²) in [5.41, 5.74) is 4.81. The highest BCUT2D eigenvalue weighted by Crippen LogP contribution is 2.34. The summed E-state index contributed by atoms with van der Waals surface area (Å²) in [5, 5.41) is 9.80. The molecule has 1 saturated heterocycles. The zero-order valence-electron chi connectivity index (χ0n) is 18.4. The van der Waals surface area contributed by atoms with Crippen molar-refractivity contribution in [2.75, 3.05) is 13.1 Å². The number of hydrogen-bond acceptors (Lipinski definition) is 4. The summed E-state index contributed by atoms with van der Waals surface area (Å²) >= 11 is 0. The summed E-state index contributed by atoms with van der Waals surface area (Å²) < 4.78 is 2.27. The lowest BCUT2D eigenvalue weighted by molar-refractivity contribution is -0.131. The Morgan fingerprint density at radius 2 is 1.79 bits per heavy atom. The van der Waals surface area contributed by atoms with Crippen LogP contribution >= 0.6 is 0 Å². The molecule has 1 atom stereocenters. The molecule has 0 bridgehead atoms. The van der Waals surface area contributed by atoms with Gasteiger partial charge in [-0.2, -0.15) is 0 Å². The third-order valence-electron chi connectivity index (χ3n) is 6.81. The molecular formula is C27H26N4O2. The zero-order valence-corrected chi connectivity index (χ0v) is 18.4. The van der Waals surface area contributed by atoms with E-state index in [0.717, 1.165) is 72.6 Å². The van der Waals surface area contributed by atoms with E-state index < -0.39 is 0 Å². The summed E-state index contributed by atoms with van der Waals surface area (Å²) in [6, 6.07) is 19.6. The molecular weight excluding hydrogens is 412 g/mol. The summed E-state index contributed by atoms with van der Waals surface area (Å²) in [5.74, 6) is 2.20. The summed E-state index contributed by atoms with van der Waals surface area (Å²) in [7, 11) is 0. The van der Waals surface area contributed by atoms with Gasteiger partial charge in [-0.3, -0.25) is 4.79 Å². The van der Waals surface area contributed by atoms with E-state index in [1.807, 2.05) is 18.2 Å². The maximum atomic E-state index is 12.5. The lowest BCUT2D eigenvalue weighted by Crippen LogP contribution is -2.30. The van der Waals surface area contributed by atoms with E-state index in [0.29, 0.717) is 11.8 Å². The van der Waals surface area contributed by atoms with E-state index in [1.54, 1.807) is 18.3 Å². The van der Waals surface area contributed by atoms with Gasteiger partial charge < -0.3 is 14.6 Å². The van der Waals surface area contributed by atoms with Crippen molar-refractivity contribution in [3.63, 3.8) is 0 Å². The third-order valence-corrected chi connectivity index (χ3v) is 6.81. The van der Waals surface area contributed by atoms with Gasteiger partial charge in [-0.15, -0.1) is 0 Å². The Hall–Kier alpha value is -3.67. The third kappa shape index (κ3) is 3.86. The molecule has 1 aliphatic carbocycles. The highest BCUT2D eigenvalue weighted by molar-refractivity contribution is 5.81. The van der Waals surface area contributed by atoms with Crippen molar-refractivity contribution in [1.82, 2.24) is 19.4 Å². The SMILES string of the molecule is O=C(C1CC1)N1CC[C@H](Cn2c(-c3ccc(-c4cccc(O)c4)cc3)nc3ncccc32)C1. The van der Waals surface area contributed by atoms with Gasteiger partial charge in [0.25, 0.3) is 0 Å². The highest BCUT2D eigenvalue weighted by Gasteiger charge is 2.36. The van der Waals surface area contributed by atoms with Crippen molar-refractivity contribution in [1.29, 1.82) is 0 Å². The molecule has 2 aromatic carbocycles. The molecule has 33 heavy (non-hydrogen) atoms. The molecule has 0 radical (unpaired) electrons. The first-order chi connectivity index (χ1) is 16.2. The number of hydrogen-bond donors (Lipinski definition) is 1. The molecule has 3 heterocycles. The van der Waals surface area contributed by atoms with Crippen LogP contribution in [0.15, 0.2) is 66.9 Å². The molecule has 1 amide bonds. The van der Waals surface area contributed by atoms with Gasteiger partial charge in [0.15, 0.2) is 5.65 Å². The van der Waals surface area contributed by atoms with Crippen LogP contribution < -0.4 is 0 Å². The Kier molecular flexibility index (Phi) is 4.86. The number of rotatable bonds is 5. The first-order valence-corrected chi connectivity index (χ1v) is 11.7. The molecule has 1 N–H and O–H groups in total. The molecule has 0 unspecified atom stereocenters. The van der Waals surface area contributed by atoms with Crippen LogP contribution in [-0.4, -0.2) is 43.5 Å². The quantitative estimate of drug-likeness (QED) is 0.489. The molecule has 6 nitrogen and oxygen atoms in total. The molecule has 1 saturated carbocycles. The largest absolute Gasteiger partial charge is 0.508 e. The number of benzene rings is 2. The second-order valence-corrected chi connectivity index (χ2v) is 9.23. The Morgan fingerprint density at radius 3 is 2.58 bits per heavy atom. The number of carbonyl (C=O) groups excluding carboxylic acids is 1. The number of amides is 1. The van der Waals surface area contributed by atoms with Crippen LogP contribution in [0.25, 0.3) is 33.7 Å². The number of phenols is 1. The van der Waals surface area contributed by atoms with Crippen molar-refractivity contribution in [3.05, 3.63) is 66.9 Å². The molecule has 166 valence electrons. The van der Waals surface area contributed by atoms with Crippen molar-refractivity contribution in [2.24, 2.45) is 11.8 Å². The number of likely N-dealkylation sites (tertiary alicyclic amines) is 1. The number of phenolic OH excluding ortho intramolecular Hbond substituents is 1. The molecule has 6 heteroatoms. The number of fused-ring (bicyclic) bond motifs is 1. The Balaban J connectivity index is 1.30.